The Bertz CT molecular complexity index is 395. The topological polar surface area (TPSA) is 38.7 Å². The molecule has 0 heterocycles. The van der Waals surface area contributed by atoms with Crippen LogP contribution in [-0.4, -0.2) is 18.8 Å². The van der Waals surface area contributed by atoms with Gasteiger partial charge in [0.1, 0.15) is 0 Å². The number of hydrogen-bond acceptors (Lipinski definition) is 3. The lowest BCUT2D eigenvalue weighted by molar-refractivity contribution is 0.195. The molecule has 1 atom stereocenters. The van der Waals surface area contributed by atoms with Gasteiger partial charge in [0.25, 0.3) is 0 Å². The summed E-state index contributed by atoms with van der Waals surface area (Å²) in [6, 6.07) is 5.63. The van der Waals surface area contributed by atoms with Crippen LogP contribution in [0.2, 0.25) is 0 Å². The van der Waals surface area contributed by atoms with Crippen molar-refractivity contribution in [2.45, 2.75) is 45.1 Å². The van der Waals surface area contributed by atoms with E-state index in [1.54, 1.807) is 14.0 Å². The quantitative estimate of drug-likeness (QED) is 0.881. The summed E-state index contributed by atoms with van der Waals surface area (Å²) in [7, 11) is 1.63. The Morgan fingerprint density at radius 1 is 1.21 bits per heavy atom. The van der Waals surface area contributed by atoms with Crippen LogP contribution >= 0.6 is 0 Å². The number of rotatable bonds is 5. The average molecular weight is 264 g/mol. The second-order valence-corrected chi connectivity index (χ2v) is 5.40. The first-order valence-corrected chi connectivity index (χ1v) is 7.19. The molecule has 0 spiro atoms. The van der Waals surface area contributed by atoms with Gasteiger partial charge >= 0.3 is 0 Å². The maximum absolute atomic E-state index is 9.57. The summed E-state index contributed by atoms with van der Waals surface area (Å²) in [5.74, 6) is 2.15. The standard InChI is InChI=1S/C16H24O3/c1-12(17)14-8-9-15(16(10-14)18-2)19-11-13-6-4-3-5-7-13/h8-10,12-13,17H,3-7,11H2,1-2H3. The average Bonchev–Trinajstić information content (AvgIpc) is 2.45. The number of aliphatic hydroxyl groups excluding tert-OH is 1. The molecule has 1 aliphatic carbocycles. The highest BCUT2D eigenvalue weighted by Gasteiger charge is 2.15. The minimum Gasteiger partial charge on any atom is -0.493 e. The Labute approximate surface area is 115 Å². The van der Waals surface area contributed by atoms with Gasteiger partial charge < -0.3 is 14.6 Å². The van der Waals surface area contributed by atoms with E-state index in [2.05, 4.69) is 0 Å². The molecule has 0 amide bonds. The molecule has 0 aromatic heterocycles. The lowest BCUT2D eigenvalue weighted by Gasteiger charge is -2.22. The molecule has 106 valence electrons. The molecular weight excluding hydrogens is 240 g/mol. The van der Waals surface area contributed by atoms with Crippen LogP contribution in [0.25, 0.3) is 0 Å². The van der Waals surface area contributed by atoms with E-state index in [4.69, 9.17) is 9.47 Å². The maximum Gasteiger partial charge on any atom is 0.161 e. The molecule has 0 aliphatic heterocycles. The van der Waals surface area contributed by atoms with Crippen molar-refractivity contribution in [2.24, 2.45) is 5.92 Å². The van der Waals surface area contributed by atoms with Crippen molar-refractivity contribution in [1.29, 1.82) is 0 Å². The second-order valence-electron chi connectivity index (χ2n) is 5.40. The van der Waals surface area contributed by atoms with Gasteiger partial charge in [0.05, 0.1) is 19.8 Å². The molecule has 1 N–H and O–H groups in total. The minimum atomic E-state index is -0.485. The molecule has 1 unspecified atom stereocenters. The largest absolute Gasteiger partial charge is 0.493 e. The molecule has 0 saturated heterocycles. The summed E-state index contributed by atoms with van der Waals surface area (Å²) < 4.78 is 11.2. The molecule has 0 radical (unpaired) electrons. The van der Waals surface area contributed by atoms with Gasteiger partial charge in [-0.15, -0.1) is 0 Å². The SMILES string of the molecule is COc1cc(C(C)O)ccc1OCC1CCCCC1. The number of hydrogen-bond donors (Lipinski definition) is 1. The number of benzene rings is 1. The van der Waals surface area contributed by atoms with Crippen LogP contribution < -0.4 is 9.47 Å². The van der Waals surface area contributed by atoms with Crippen molar-refractivity contribution >= 4 is 0 Å². The highest BCUT2D eigenvalue weighted by molar-refractivity contribution is 5.43. The van der Waals surface area contributed by atoms with Crippen molar-refractivity contribution in [1.82, 2.24) is 0 Å². The first-order chi connectivity index (χ1) is 9.20. The minimum absolute atomic E-state index is 0.485. The fourth-order valence-electron chi connectivity index (χ4n) is 2.62. The molecule has 1 aliphatic rings. The van der Waals surface area contributed by atoms with E-state index in [1.807, 2.05) is 18.2 Å². The Morgan fingerprint density at radius 2 is 1.95 bits per heavy atom. The summed E-state index contributed by atoms with van der Waals surface area (Å²) in [5.41, 5.74) is 0.849. The summed E-state index contributed by atoms with van der Waals surface area (Å²) in [5, 5.41) is 9.57. The number of ether oxygens (including phenoxy) is 2. The van der Waals surface area contributed by atoms with E-state index >= 15 is 0 Å². The third-order valence-corrected chi connectivity index (χ3v) is 3.87. The van der Waals surface area contributed by atoms with E-state index in [0.717, 1.165) is 17.9 Å². The zero-order valence-corrected chi connectivity index (χ0v) is 11.9. The molecule has 19 heavy (non-hydrogen) atoms. The van der Waals surface area contributed by atoms with E-state index in [0.29, 0.717) is 11.7 Å². The summed E-state index contributed by atoms with van der Waals surface area (Å²) in [4.78, 5) is 0. The second kappa shape index (κ2) is 6.80. The predicted molar refractivity (Wildman–Crippen MR) is 75.7 cm³/mol. The van der Waals surface area contributed by atoms with E-state index < -0.39 is 6.10 Å². The first kappa shape index (κ1) is 14.2. The molecule has 3 heteroatoms. The van der Waals surface area contributed by atoms with Gasteiger partial charge in [-0.25, -0.2) is 0 Å². The van der Waals surface area contributed by atoms with Gasteiger partial charge in [-0.1, -0.05) is 25.3 Å². The first-order valence-electron chi connectivity index (χ1n) is 7.19. The Hall–Kier alpha value is -1.22. The van der Waals surface area contributed by atoms with Crippen molar-refractivity contribution in [3.63, 3.8) is 0 Å². The highest BCUT2D eigenvalue weighted by atomic mass is 16.5. The molecule has 0 bridgehead atoms. The molecular formula is C16H24O3. The monoisotopic (exact) mass is 264 g/mol. The Morgan fingerprint density at radius 3 is 2.58 bits per heavy atom. The summed E-state index contributed by atoms with van der Waals surface area (Å²) in [6.45, 7) is 2.52. The van der Waals surface area contributed by atoms with Crippen LogP contribution in [0.5, 0.6) is 11.5 Å². The molecule has 1 aromatic carbocycles. The van der Waals surface area contributed by atoms with Crippen LogP contribution in [0.4, 0.5) is 0 Å². The molecule has 1 aromatic rings. The van der Waals surface area contributed by atoms with Crippen molar-refractivity contribution in [2.75, 3.05) is 13.7 Å². The van der Waals surface area contributed by atoms with Crippen molar-refractivity contribution in [3.05, 3.63) is 23.8 Å². The van der Waals surface area contributed by atoms with E-state index in [1.165, 1.54) is 32.1 Å². The normalized spacial score (nSPS) is 18.1. The van der Waals surface area contributed by atoms with Gasteiger partial charge in [0.2, 0.25) is 0 Å². The fraction of sp³-hybridized carbons (Fsp3) is 0.625. The smallest absolute Gasteiger partial charge is 0.161 e. The van der Waals surface area contributed by atoms with Crippen LogP contribution in [-0.2, 0) is 0 Å². The lowest BCUT2D eigenvalue weighted by atomic mass is 9.90. The van der Waals surface area contributed by atoms with Gasteiger partial charge in [-0.3, -0.25) is 0 Å². The van der Waals surface area contributed by atoms with Crippen LogP contribution in [0.15, 0.2) is 18.2 Å². The fourth-order valence-corrected chi connectivity index (χ4v) is 2.62. The summed E-state index contributed by atoms with van der Waals surface area (Å²) in [6.07, 6.45) is 6.07. The van der Waals surface area contributed by atoms with Gasteiger partial charge in [0, 0.05) is 0 Å². The molecule has 1 fully saturated rings. The molecule has 1 saturated carbocycles. The van der Waals surface area contributed by atoms with Gasteiger partial charge in [-0.05, 0) is 43.4 Å². The predicted octanol–water partition coefficient (Wildman–Crippen LogP) is 3.71. The number of methoxy groups -OCH3 is 1. The Balaban J connectivity index is 1.98. The van der Waals surface area contributed by atoms with Crippen LogP contribution in [0.3, 0.4) is 0 Å². The molecule has 2 rings (SSSR count). The van der Waals surface area contributed by atoms with Crippen molar-refractivity contribution < 1.29 is 14.6 Å². The van der Waals surface area contributed by atoms with Gasteiger partial charge in [0.15, 0.2) is 11.5 Å². The Kier molecular flexibility index (Phi) is 5.08. The van der Waals surface area contributed by atoms with Crippen LogP contribution in [0, 0.1) is 5.92 Å². The van der Waals surface area contributed by atoms with Gasteiger partial charge in [-0.2, -0.15) is 0 Å². The third kappa shape index (κ3) is 3.87. The van der Waals surface area contributed by atoms with Crippen LogP contribution in [0.1, 0.15) is 50.7 Å². The zero-order valence-electron chi connectivity index (χ0n) is 11.9. The lowest BCUT2D eigenvalue weighted by Crippen LogP contribution is -2.15. The van der Waals surface area contributed by atoms with E-state index in [-0.39, 0.29) is 0 Å². The third-order valence-electron chi connectivity index (χ3n) is 3.87. The van der Waals surface area contributed by atoms with E-state index in [9.17, 15) is 5.11 Å². The summed E-state index contributed by atoms with van der Waals surface area (Å²) >= 11 is 0. The van der Waals surface area contributed by atoms with Crippen molar-refractivity contribution in [3.8, 4) is 11.5 Å². The zero-order chi connectivity index (χ0) is 13.7. The number of aliphatic hydroxyl groups is 1. The highest BCUT2D eigenvalue weighted by Crippen LogP contribution is 2.32. The maximum atomic E-state index is 9.57. The molecule has 3 nitrogen and oxygen atoms in total.